The summed E-state index contributed by atoms with van der Waals surface area (Å²) in [5, 5.41) is 0. The molecule has 0 aliphatic carbocycles. The first-order valence-corrected chi connectivity index (χ1v) is 7.87. The Labute approximate surface area is 124 Å². The molecule has 0 unspecified atom stereocenters. The number of nitrogens with two attached hydrogens (primary N) is 1. The SMILES string of the molecule is CNS(=O)(=O)c1ccc(N)c(OCCc2ccccn2)c1. The van der Waals surface area contributed by atoms with Gasteiger partial charge >= 0.3 is 0 Å². The van der Waals surface area contributed by atoms with Gasteiger partial charge in [-0.2, -0.15) is 0 Å². The molecule has 0 bridgehead atoms. The minimum Gasteiger partial charge on any atom is -0.491 e. The topological polar surface area (TPSA) is 94.3 Å². The molecule has 3 N–H and O–H groups in total. The number of nitrogens with zero attached hydrogens (tertiary/aromatic N) is 1. The van der Waals surface area contributed by atoms with Crippen LogP contribution in [-0.2, 0) is 16.4 Å². The third-order valence-electron chi connectivity index (χ3n) is 2.91. The van der Waals surface area contributed by atoms with Gasteiger partial charge in [0.2, 0.25) is 10.0 Å². The number of hydrogen-bond donors (Lipinski definition) is 2. The van der Waals surface area contributed by atoms with Crippen molar-refractivity contribution in [2.24, 2.45) is 0 Å². The van der Waals surface area contributed by atoms with E-state index < -0.39 is 10.0 Å². The third-order valence-corrected chi connectivity index (χ3v) is 4.32. The highest BCUT2D eigenvalue weighted by atomic mass is 32.2. The molecule has 7 heteroatoms. The van der Waals surface area contributed by atoms with Crippen LogP contribution in [0, 0.1) is 0 Å². The second-order valence-electron chi connectivity index (χ2n) is 4.33. The lowest BCUT2D eigenvalue weighted by Gasteiger charge is -2.10. The van der Waals surface area contributed by atoms with Gasteiger partial charge in [-0.1, -0.05) is 6.07 Å². The van der Waals surface area contributed by atoms with Crippen molar-refractivity contribution in [2.75, 3.05) is 19.4 Å². The van der Waals surface area contributed by atoms with Crippen LogP contribution < -0.4 is 15.2 Å². The van der Waals surface area contributed by atoms with Crippen molar-refractivity contribution in [3.63, 3.8) is 0 Å². The van der Waals surface area contributed by atoms with Gasteiger partial charge in [-0.25, -0.2) is 13.1 Å². The fourth-order valence-corrected chi connectivity index (χ4v) is 2.48. The highest BCUT2D eigenvalue weighted by Crippen LogP contribution is 2.25. The molecule has 112 valence electrons. The minimum absolute atomic E-state index is 0.118. The number of nitrogens with one attached hydrogen (secondary N) is 1. The molecule has 1 aromatic heterocycles. The van der Waals surface area contributed by atoms with Crippen molar-refractivity contribution in [1.29, 1.82) is 0 Å². The Balaban J connectivity index is 2.08. The van der Waals surface area contributed by atoms with E-state index in [-0.39, 0.29) is 4.90 Å². The fraction of sp³-hybridized carbons (Fsp3) is 0.214. The molecule has 0 spiro atoms. The Hall–Kier alpha value is -2.12. The maximum absolute atomic E-state index is 11.7. The van der Waals surface area contributed by atoms with Crippen molar-refractivity contribution >= 4 is 15.7 Å². The van der Waals surface area contributed by atoms with Crippen LogP contribution in [0.15, 0.2) is 47.5 Å². The van der Waals surface area contributed by atoms with Crippen molar-refractivity contribution < 1.29 is 13.2 Å². The van der Waals surface area contributed by atoms with E-state index in [1.807, 2.05) is 18.2 Å². The van der Waals surface area contributed by atoms with Gasteiger partial charge < -0.3 is 10.5 Å². The maximum atomic E-state index is 11.7. The summed E-state index contributed by atoms with van der Waals surface area (Å²) in [6.07, 6.45) is 2.33. The zero-order valence-corrected chi connectivity index (χ0v) is 12.4. The lowest BCUT2D eigenvalue weighted by atomic mass is 10.3. The number of benzene rings is 1. The van der Waals surface area contributed by atoms with Gasteiger partial charge in [-0.05, 0) is 31.3 Å². The average Bonchev–Trinajstić information content (AvgIpc) is 2.50. The number of sulfonamides is 1. The first-order valence-electron chi connectivity index (χ1n) is 6.39. The Morgan fingerprint density at radius 2 is 2.10 bits per heavy atom. The predicted molar refractivity (Wildman–Crippen MR) is 80.5 cm³/mol. The van der Waals surface area contributed by atoms with Crippen LogP contribution >= 0.6 is 0 Å². The smallest absolute Gasteiger partial charge is 0.240 e. The Morgan fingerprint density at radius 1 is 1.29 bits per heavy atom. The summed E-state index contributed by atoms with van der Waals surface area (Å²) in [7, 11) is -2.16. The van der Waals surface area contributed by atoms with Crippen LogP contribution in [0.2, 0.25) is 0 Å². The van der Waals surface area contributed by atoms with Crippen molar-refractivity contribution in [2.45, 2.75) is 11.3 Å². The minimum atomic E-state index is -3.51. The van der Waals surface area contributed by atoms with Crippen LogP contribution in [0.4, 0.5) is 5.69 Å². The summed E-state index contributed by atoms with van der Waals surface area (Å²) in [6, 6.07) is 10.0. The van der Waals surface area contributed by atoms with Crippen LogP contribution in [-0.4, -0.2) is 27.1 Å². The Kier molecular flexibility index (Phi) is 4.77. The van der Waals surface area contributed by atoms with Gasteiger partial charge in [0, 0.05) is 24.4 Å². The van der Waals surface area contributed by atoms with E-state index in [0.29, 0.717) is 24.5 Å². The van der Waals surface area contributed by atoms with Gasteiger partial charge in [-0.15, -0.1) is 0 Å². The summed E-state index contributed by atoms with van der Waals surface area (Å²) in [5.41, 5.74) is 7.09. The molecule has 0 fully saturated rings. The molecule has 0 saturated carbocycles. The van der Waals surface area contributed by atoms with Gasteiger partial charge in [0.15, 0.2) is 0 Å². The lowest BCUT2D eigenvalue weighted by molar-refractivity contribution is 0.321. The summed E-state index contributed by atoms with van der Waals surface area (Å²) >= 11 is 0. The normalized spacial score (nSPS) is 11.3. The predicted octanol–water partition coefficient (Wildman–Crippen LogP) is 1.19. The maximum Gasteiger partial charge on any atom is 0.240 e. The van der Waals surface area contributed by atoms with Crippen LogP contribution in [0.3, 0.4) is 0 Å². The first kappa shape index (κ1) is 15.3. The zero-order chi connectivity index (χ0) is 15.3. The van der Waals surface area contributed by atoms with E-state index in [1.165, 1.54) is 25.2 Å². The standard InChI is InChI=1S/C14H17N3O3S/c1-16-21(18,19)12-5-6-13(15)14(10-12)20-9-7-11-4-2-3-8-17-11/h2-6,8,10,16H,7,9,15H2,1H3. The van der Waals surface area contributed by atoms with E-state index in [9.17, 15) is 8.42 Å². The Morgan fingerprint density at radius 3 is 2.76 bits per heavy atom. The second kappa shape index (κ2) is 6.55. The lowest BCUT2D eigenvalue weighted by Crippen LogP contribution is -2.18. The molecule has 0 amide bonds. The molecule has 1 heterocycles. The monoisotopic (exact) mass is 307 g/mol. The molecule has 0 aliphatic rings. The molecule has 21 heavy (non-hydrogen) atoms. The van der Waals surface area contributed by atoms with Crippen LogP contribution in [0.1, 0.15) is 5.69 Å². The van der Waals surface area contributed by atoms with Crippen molar-refractivity contribution in [3.05, 3.63) is 48.3 Å². The molecular weight excluding hydrogens is 290 g/mol. The molecule has 0 atom stereocenters. The molecular formula is C14H17N3O3S. The molecule has 2 rings (SSSR count). The van der Waals surface area contributed by atoms with Crippen molar-refractivity contribution in [1.82, 2.24) is 9.71 Å². The Bertz CT molecular complexity index is 703. The quantitative estimate of drug-likeness (QED) is 0.782. The van der Waals surface area contributed by atoms with E-state index in [2.05, 4.69) is 9.71 Å². The van der Waals surface area contributed by atoms with Gasteiger partial charge in [-0.3, -0.25) is 4.98 Å². The average molecular weight is 307 g/mol. The summed E-state index contributed by atoms with van der Waals surface area (Å²) in [5.74, 6) is 0.349. The molecule has 0 radical (unpaired) electrons. The summed E-state index contributed by atoms with van der Waals surface area (Å²) in [4.78, 5) is 4.30. The van der Waals surface area contributed by atoms with Gasteiger partial charge in [0.1, 0.15) is 5.75 Å². The molecule has 1 aromatic carbocycles. The summed E-state index contributed by atoms with van der Waals surface area (Å²) < 4.78 is 31.3. The van der Waals surface area contributed by atoms with E-state index >= 15 is 0 Å². The second-order valence-corrected chi connectivity index (χ2v) is 6.21. The first-order chi connectivity index (χ1) is 10.0. The van der Waals surface area contributed by atoms with E-state index in [0.717, 1.165) is 5.69 Å². The number of ether oxygens (including phenoxy) is 1. The van der Waals surface area contributed by atoms with Gasteiger partial charge in [0.25, 0.3) is 0 Å². The van der Waals surface area contributed by atoms with Crippen molar-refractivity contribution in [3.8, 4) is 5.75 Å². The number of pyridine rings is 1. The number of rotatable bonds is 6. The molecule has 2 aromatic rings. The zero-order valence-electron chi connectivity index (χ0n) is 11.6. The molecule has 6 nitrogen and oxygen atoms in total. The molecule has 0 saturated heterocycles. The largest absolute Gasteiger partial charge is 0.491 e. The third kappa shape index (κ3) is 3.93. The highest BCUT2D eigenvalue weighted by Gasteiger charge is 2.13. The number of aromatic nitrogens is 1. The number of hydrogen-bond acceptors (Lipinski definition) is 5. The van der Waals surface area contributed by atoms with Crippen LogP contribution in [0.5, 0.6) is 5.75 Å². The van der Waals surface area contributed by atoms with E-state index in [1.54, 1.807) is 6.20 Å². The van der Waals surface area contributed by atoms with E-state index in [4.69, 9.17) is 10.5 Å². The molecule has 0 aliphatic heterocycles. The van der Waals surface area contributed by atoms with Crippen LogP contribution in [0.25, 0.3) is 0 Å². The number of anilines is 1. The number of nitrogen functional groups attached to an aromatic ring is 1. The van der Waals surface area contributed by atoms with Gasteiger partial charge in [0.05, 0.1) is 17.2 Å². The summed E-state index contributed by atoms with van der Waals surface area (Å²) in [6.45, 7) is 0.365. The fourth-order valence-electron chi connectivity index (χ4n) is 1.74. The highest BCUT2D eigenvalue weighted by molar-refractivity contribution is 7.89.